The van der Waals surface area contributed by atoms with Gasteiger partial charge in [0.1, 0.15) is 17.0 Å². The van der Waals surface area contributed by atoms with Gasteiger partial charge in [-0.1, -0.05) is 66.6 Å². The summed E-state index contributed by atoms with van der Waals surface area (Å²) in [6.45, 7) is 12.1. The Morgan fingerprint density at radius 3 is 1.89 bits per heavy atom. The zero-order valence-electron chi connectivity index (χ0n) is 26.3. The van der Waals surface area contributed by atoms with Crippen LogP contribution in [-0.4, -0.2) is 32.1 Å². The third kappa shape index (κ3) is 4.05. The summed E-state index contributed by atoms with van der Waals surface area (Å²) in [6, 6.07) is 33.0. The van der Waals surface area contributed by atoms with Crippen LogP contribution in [0.5, 0.6) is 11.5 Å². The molecule has 0 aliphatic carbocycles. The zero-order valence-corrected chi connectivity index (χ0v) is 26.3. The average molecular weight is 592 g/mol. The van der Waals surface area contributed by atoms with E-state index in [1.54, 1.807) is 0 Å². The summed E-state index contributed by atoms with van der Waals surface area (Å²) >= 11 is 0. The van der Waals surface area contributed by atoms with Gasteiger partial charge in [0.25, 0.3) is 5.91 Å². The molecule has 0 aromatic heterocycles. The van der Waals surface area contributed by atoms with Crippen LogP contribution in [0, 0.1) is 12.3 Å². The van der Waals surface area contributed by atoms with Crippen molar-refractivity contribution in [3.8, 4) is 23.8 Å². The van der Waals surface area contributed by atoms with E-state index in [0.29, 0.717) is 16.8 Å². The normalized spacial score (nSPS) is 14.0. The Bertz CT molecular complexity index is 1940. The molecule has 45 heavy (non-hydrogen) atoms. The molecule has 0 radical (unpaired) electrons. The molecule has 5 aromatic carbocycles. The van der Waals surface area contributed by atoms with Gasteiger partial charge in [-0.05, 0) is 62.7 Å². The van der Waals surface area contributed by atoms with Gasteiger partial charge < -0.3 is 14.5 Å². The maximum atomic E-state index is 14.8. The lowest BCUT2D eigenvalue weighted by atomic mass is 9.74. The van der Waals surface area contributed by atoms with Gasteiger partial charge in [-0.25, -0.2) is 0 Å². The van der Waals surface area contributed by atoms with Gasteiger partial charge in [0, 0.05) is 71.9 Å². The van der Waals surface area contributed by atoms with E-state index in [1.807, 2.05) is 47.4 Å². The summed E-state index contributed by atoms with van der Waals surface area (Å²) in [6.07, 6.45) is 6.29. The van der Waals surface area contributed by atoms with Crippen LogP contribution in [0.15, 0.2) is 97.1 Å². The summed E-state index contributed by atoms with van der Waals surface area (Å²) in [5.41, 5.74) is 5.96. The Kier molecular flexibility index (Phi) is 7.01. The molecule has 5 aromatic rings. The third-order valence-corrected chi connectivity index (χ3v) is 9.57. The molecule has 0 fully saturated rings. The number of nitrogens with zero attached hydrogens (tertiary/aromatic N) is 3. The van der Waals surface area contributed by atoms with Crippen molar-refractivity contribution in [2.75, 3.05) is 40.9 Å². The molecule has 0 bridgehead atoms. The molecule has 224 valence electrons. The van der Waals surface area contributed by atoms with Crippen molar-refractivity contribution in [3.05, 3.63) is 125 Å². The molecular weight excluding hydrogens is 554 g/mol. The van der Waals surface area contributed by atoms with E-state index in [2.05, 4.69) is 98.0 Å². The Labute approximate surface area is 265 Å². The highest BCUT2D eigenvalue weighted by Crippen LogP contribution is 2.59. The number of carbonyl (C=O) groups excluding carboxylic acids is 1. The lowest BCUT2D eigenvalue weighted by Crippen LogP contribution is -2.48. The molecule has 5 heteroatoms. The van der Waals surface area contributed by atoms with Crippen LogP contribution in [0.3, 0.4) is 0 Å². The van der Waals surface area contributed by atoms with Gasteiger partial charge in [-0.2, -0.15) is 0 Å². The smallest absolute Gasteiger partial charge is 0.260 e. The molecule has 1 amide bonds. The van der Waals surface area contributed by atoms with Gasteiger partial charge in [0.15, 0.2) is 0 Å². The summed E-state index contributed by atoms with van der Waals surface area (Å²) in [5.74, 6) is 4.36. The summed E-state index contributed by atoms with van der Waals surface area (Å²) in [7, 11) is 0. The van der Waals surface area contributed by atoms with Gasteiger partial charge >= 0.3 is 0 Å². The SMILES string of the molecule is C#Cc1c(N2C(=O)c3ccccc3C23c2ccc(N(CC)CC)cc2Oc2cc(N(CC)CC)ccc23)ccc2ccccc12. The molecule has 0 unspecified atom stereocenters. The highest BCUT2D eigenvalue weighted by atomic mass is 16.5. The quantitative estimate of drug-likeness (QED) is 0.178. The first-order valence-corrected chi connectivity index (χ1v) is 15.9. The van der Waals surface area contributed by atoms with Crippen molar-refractivity contribution in [1.82, 2.24) is 0 Å². The predicted molar refractivity (Wildman–Crippen MR) is 185 cm³/mol. The maximum absolute atomic E-state index is 14.8. The Hall–Kier alpha value is -5.21. The van der Waals surface area contributed by atoms with Gasteiger partial charge in [0.05, 0.1) is 11.3 Å². The second-order valence-corrected chi connectivity index (χ2v) is 11.5. The number of fused-ring (bicyclic) bond motifs is 7. The van der Waals surface area contributed by atoms with Crippen molar-refractivity contribution < 1.29 is 9.53 Å². The second-order valence-electron chi connectivity index (χ2n) is 11.5. The van der Waals surface area contributed by atoms with Crippen LogP contribution in [0.4, 0.5) is 17.1 Å². The molecule has 0 N–H and O–H groups in total. The minimum atomic E-state index is -1.01. The average Bonchev–Trinajstić information content (AvgIpc) is 3.33. The van der Waals surface area contributed by atoms with Crippen molar-refractivity contribution in [1.29, 1.82) is 0 Å². The maximum Gasteiger partial charge on any atom is 0.260 e. The highest BCUT2D eigenvalue weighted by Gasteiger charge is 2.57. The lowest BCUT2D eigenvalue weighted by Gasteiger charge is -2.45. The van der Waals surface area contributed by atoms with Crippen LogP contribution >= 0.6 is 0 Å². The van der Waals surface area contributed by atoms with Crippen LogP contribution in [0.25, 0.3) is 10.8 Å². The molecule has 2 aliphatic heterocycles. The number of terminal acetylenes is 1. The number of amides is 1. The molecule has 5 nitrogen and oxygen atoms in total. The fourth-order valence-corrected chi connectivity index (χ4v) is 7.42. The molecule has 0 atom stereocenters. The van der Waals surface area contributed by atoms with Crippen molar-refractivity contribution in [2.45, 2.75) is 33.2 Å². The Morgan fingerprint density at radius 2 is 1.29 bits per heavy atom. The first-order valence-electron chi connectivity index (χ1n) is 15.9. The molecule has 0 saturated heterocycles. The van der Waals surface area contributed by atoms with E-state index < -0.39 is 5.54 Å². The topological polar surface area (TPSA) is 36.0 Å². The lowest BCUT2D eigenvalue weighted by molar-refractivity contribution is 0.0985. The number of anilines is 3. The number of benzene rings is 5. The second kappa shape index (κ2) is 11.1. The summed E-state index contributed by atoms with van der Waals surface area (Å²) in [5, 5.41) is 1.98. The van der Waals surface area contributed by atoms with E-state index in [1.165, 1.54) is 0 Å². The fourth-order valence-electron chi connectivity index (χ4n) is 7.42. The van der Waals surface area contributed by atoms with E-state index in [0.717, 1.165) is 76.5 Å². The van der Waals surface area contributed by atoms with Crippen LogP contribution < -0.4 is 19.4 Å². The zero-order chi connectivity index (χ0) is 31.3. The minimum Gasteiger partial charge on any atom is -0.456 e. The molecule has 0 saturated carbocycles. The summed E-state index contributed by atoms with van der Waals surface area (Å²) in [4.78, 5) is 21.4. The van der Waals surface area contributed by atoms with Crippen molar-refractivity contribution in [3.63, 3.8) is 0 Å². The summed E-state index contributed by atoms with van der Waals surface area (Å²) < 4.78 is 6.85. The largest absolute Gasteiger partial charge is 0.456 e. The number of rotatable bonds is 7. The van der Waals surface area contributed by atoms with Gasteiger partial charge in [-0.15, -0.1) is 6.42 Å². The number of carbonyl (C=O) groups is 1. The molecule has 1 spiro atoms. The first kappa shape index (κ1) is 28.6. The number of hydrogen-bond donors (Lipinski definition) is 0. The standard InChI is InChI=1S/C40H37N3O2/c1-6-30-31-16-12-11-15-27(31)19-24-36(30)43-39(44)32-17-13-14-18-33(32)40(43)34-22-20-28(41(7-2)8-3)25-37(34)45-38-26-29(21-23-35(38)40)42(9-4)10-5/h1,11-26H,7-10H2,2-5H3. The fraction of sp³-hybridized carbons (Fsp3) is 0.225. The van der Waals surface area contributed by atoms with Crippen molar-refractivity contribution >= 4 is 33.7 Å². The predicted octanol–water partition coefficient (Wildman–Crippen LogP) is 8.57. The van der Waals surface area contributed by atoms with E-state index in [-0.39, 0.29) is 5.91 Å². The molecule has 7 rings (SSSR count). The van der Waals surface area contributed by atoms with Crippen LogP contribution in [0.2, 0.25) is 0 Å². The van der Waals surface area contributed by atoms with Gasteiger partial charge in [0.2, 0.25) is 0 Å². The highest BCUT2D eigenvalue weighted by molar-refractivity contribution is 6.16. The van der Waals surface area contributed by atoms with Gasteiger partial charge in [-0.3, -0.25) is 9.69 Å². The molecule has 2 aliphatic rings. The monoisotopic (exact) mass is 591 g/mol. The first-order chi connectivity index (χ1) is 22.0. The number of ether oxygens (including phenoxy) is 1. The van der Waals surface area contributed by atoms with E-state index >= 15 is 0 Å². The number of hydrogen-bond acceptors (Lipinski definition) is 4. The van der Waals surface area contributed by atoms with Crippen LogP contribution in [0.1, 0.15) is 60.3 Å². The third-order valence-electron chi connectivity index (χ3n) is 9.57. The van der Waals surface area contributed by atoms with E-state index in [9.17, 15) is 4.79 Å². The minimum absolute atomic E-state index is 0.0863. The molecular formula is C40H37N3O2. The molecule has 2 heterocycles. The Balaban J connectivity index is 1.60. The van der Waals surface area contributed by atoms with E-state index in [4.69, 9.17) is 11.2 Å². The Morgan fingerprint density at radius 1 is 0.711 bits per heavy atom. The van der Waals surface area contributed by atoms with Crippen LogP contribution in [-0.2, 0) is 5.54 Å². The van der Waals surface area contributed by atoms with Crippen molar-refractivity contribution in [2.24, 2.45) is 0 Å².